The SMILES string of the molecule is CC1(C)c2ccccc2-c2ccc(N(c3ccccc3)c3ccc(-c4ccc(-n5cc6c7c(cccc75)-c5ccccc5-c5ccccc5-6)cc4)cc3)cc21.Cc1c2c3c(cccc3n1-c1ccccc1)-c1ccccc1-c1ccccc1-2.c1ccc2c(c1)-c1ccccc1-c1cn(-c3ccc(-c4ccc(-n5c6ccccc6c6ccccc65)cc4)cc3)c3cccc-2c13. The van der Waals surface area contributed by atoms with Gasteiger partial charge < -0.3 is 23.2 Å². The summed E-state index contributed by atoms with van der Waals surface area (Å²) < 4.78 is 9.48. The average Bonchev–Trinajstić information content (AvgIpc) is 1.58. The molecule has 0 saturated heterocycles. The topological polar surface area (TPSA) is 23.0 Å². The van der Waals surface area contributed by atoms with E-state index in [2.05, 4.69) is 505 Å². The summed E-state index contributed by atoms with van der Waals surface area (Å²) in [6.45, 7) is 6.94. The summed E-state index contributed by atoms with van der Waals surface area (Å²) in [6.07, 6.45) is 4.66. The van der Waals surface area contributed by atoms with Crippen molar-refractivity contribution in [2.75, 3.05) is 4.90 Å². The summed E-state index contributed by atoms with van der Waals surface area (Å²) in [6, 6.07) is 164. The highest BCUT2D eigenvalue weighted by Gasteiger charge is 2.37. The van der Waals surface area contributed by atoms with Crippen LogP contribution in [0.4, 0.5) is 17.1 Å². The predicted octanol–water partition coefficient (Wildman–Crippen LogP) is 33.4. The first kappa shape index (κ1) is 75.0. The Kier molecular flexibility index (Phi) is 17.5. The Morgan fingerprint density at radius 1 is 0.202 bits per heavy atom. The molecule has 0 aliphatic heterocycles. The van der Waals surface area contributed by atoms with Gasteiger partial charge in [0.05, 0.1) is 27.6 Å². The van der Waals surface area contributed by atoms with E-state index < -0.39 is 0 Å². The van der Waals surface area contributed by atoms with Gasteiger partial charge in [-0.1, -0.05) is 347 Å². The molecular weight excluding hydrogens is 1560 g/mol. The Morgan fingerprint density at radius 2 is 0.512 bits per heavy atom. The monoisotopic (exact) mass is 1640 g/mol. The van der Waals surface area contributed by atoms with Gasteiger partial charge in [-0.25, -0.2) is 0 Å². The van der Waals surface area contributed by atoms with Crippen molar-refractivity contribution >= 4 is 71.6 Å². The first-order chi connectivity index (χ1) is 63.7. The van der Waals surface area contributed by atoms with E-state index in [-0.39, 0.29) is 5.41 Å². The molecule has 0 N–H and O–H groups in total. The number of nitrogens with zero attached hydrogens (tertiary/aromatic N) is 5. The first-order valence-electron chi connectivity index (χ1n) is 44.8. The number of benzene rings is 19. The Hall–Kier alpha value is -16.6. The molecule has 0 saturated carbocycles. The predicted molar refractivity (Wildman–Crippen MR) is 542 cm³/mol. The van der Waals surface area contributed by atoms with E-state index in [9.17, 15) is 0 Å². The zero-order valence-electron chi connectivity index (χ0n) is 71.6. The van der Waals surface area contributed by atoms with Crippen molar-refractivity contribution in [1.82, 2.24) is 18.3 Å². The number of aromatic nitrogens is 4. The Bertz CT molecular complexity index is 8370. The second-order valence-corrected chi connectivity index (χ2v) is 35.0. The molecule has 0 fully saturated rings. The zero-order chi connectivity index (χ0) is 85.5. The molecule has 0 bridgehead atoms. The summed E-state index contributed by atoms with van der Waals surface area (Å²) in [7, 11) is 0. The molecule has 4 aliphatic rings. The molecular formula is C124H85N5. The number of para-hydroxylation sites is 4. The van der Waals surface area contributed by atoms with Crippen molar-refractivity contribution in [2.24, 2.45) is 0 Å². The van der Waals surface area contributed by atoms with Gasteiger partial charge >= 0.3 is 0 Å². The molecule has 4 aliphatic carbocycles. The highest BCUT2D eigenvalue weighted by atomic mass is 15.1. The lowest BCUT2D eigenvalue weighted by Crippen LogP contribution is -2.16. The van der Waals surface area contributed by atoms with E-state index in [1.807, 2.05) is 0 Å². The average molecular weight is 1650 g/mol. The minimum atomic E-state index is -0.0669. The number of anilines is 3. The second-order valence-electron chi connectivity index (χ2n) is 35.0. The molecule has 23 aromatic rings. The Morgan fingerprint density at radius 3 is 0.977 bits per heavy atom. The molecule has 606 valence electrons. The van der Waals surface area contributed by atoms with Gasteiger partial charge in [-0.05, 0) is 250 Å². The molecule has 5 nitrogen and oxygen atoms in total. The highest BCUT2D eigenvalue weighted by molar-refractivity contribution is 6.18. The molecule has 19 aromatic carbocycles. The van der Waals surface area contributed by atoms with Crippen LogP contribution in [0.25, 0.3) is 211 Å². The molecule has 27 rings (SSSR count). The Balaban J connectivity index is 0.000000110. The summed E-state index contributed by atoms with van der Waals surface area (Å²) in [5, 5.41) is 6.53. The van der Waals surface area contributed by atoms with Crippen molar-refractivity contribution in [3.05, 3.63) is 478 Å². The fraction of sp³-hybridized carbons (Fsp3) is 0.0323. The standard InChI is InChI=1S/C53H38N2.C44H28N2.C27H19N/c1-53(2)49-21-11-10-19-45(49)46-32-31-40(33-50(46)53)55(38-13-4-3-5-14-38)39-29-25-36(26-30-39)35-23-27-37(28-24-35)54-34-48-44-18-9-7-16-42(44)41-15-6-8-17-43(41)47-20-12-22-51(54)52(47)48;1-3-12-35-33(10-1)34-11-2-4-13-36(34)40-28-45(43-19-9-16-39(35)44(40)43)31-24-20-29(21-25-31)30-22-26-32(27-23-30)46-41-17-7-5-14-37(41)38-15-6-8-18-42(38)46;1-18-26-23-15-8-7-13-21(23)20-12-5-6-14-22(20)24-16-9-17-25(27(24)26)28(18)19-10-3-2-4-11-19/h3-34H,1-2H3;1-28H;2-17H,1H3. The van der Waals surface area contributed by atoms with Gasteiger partial charge in [0, 0.05) is 107 Å². The fourth-order valence-electron chi connectivity index (χ4n) is 21.8. The smallest absolute Gasteiger partial charge is 0.0544 e. The third-order valence-corrected chi connectivity index (χ3v) is 27.7. The largest absolute Gasteiger partial charge is 0.316 e. The molecule has 4 aromatic heterocycles. The lowest BCUT2D eigenvalue weighted by atomic mass is 9.82. The van der Waals surface area contributed by atoms with Crippen LogP contribution in [0.1, 0.15) is 30.7 Å². The summed E-state index contributed by atoms with van der Waals surface area (Å²) in [5.74, 6) is 0. The van der Waals surface area contributed by atoms with Crippen LogP contribution in [0.2, 0.25) is 0 Å². The zero-order valence-corrected chi connectivity index (χ0v) is 71.6. The van der Waals surface area contributed by atoms with E-state index in [1.54, 1.807) is 0 Å². The van der Waals surface area contributed by atoms with Crippen LogP contribution in [0.15, 0.2) is 461 Å². The Labute approximate surface area is 750 Å². The number of hydrogen-bond acceptors (Lipinski definition) is 1. The molecule has 0 amide bonds. The fourth-order valence-corrected chi connectivity index (χ4v) is 21.8. The molecule has 129 heavy (non-hydrogen) atoms. The molecule has 0 atom stereocenters. The third-order valence-electron chi connectivity index (χ3n) is 27.7. The summed E-state index contributed by atoms with van der Waals surface area (Å²) >= 11 is 0. The van der Waals surface area contributed by atoms with Crippen molar-refractivity contribution in [2.45, 2.75) is 26.2 Å². The number of hydrogen-bond donors (Lipinski definition) is 0. The van der Waals surface area contributed by atoms with E-state index in [1.165, 1.54) is 216 Å². The van der Waals surface area contributed by atoms with Gasteiger partial charge in [0.2, 0.25) is 0 Å². The van der Waals surface area contributed by atoms with Crippen LogP contribution >= 0.6 is 0 Å². The lowest BCUT2D eigenvalue weighted by molar-refractivity contribution is 0.660. The van der Waals surface area contributed by atoms with Crippen LogP contribution < -0.4 is 4.90 Å². The van der Waals surface area contributed by atoms with Crippen molar-refractivity contribution < 1.29 is 0 Å². The van der Waals surface area contributed by atoms with E-state index in [0.717, 1.165) is 28.4 Å². The van der Waals surface area contributed by atoms with Crippen LogP contribution in [-0.4, -0.2) is 18.3 Å². The van der Waals surface area contributed by atoms with Gasteiger partial charge in [-0.3, -0.25) is 0 Å². The number of fused-ring (bicyclic) bond motifs is 21. The quantitative estimate of drug-likeness (QED) is 0.141. The molecule has 0 unspecified atom stereocenters. The third kappa shape index (κ3) is 12.0. The van der Waals surface area contributed by atoms with Crippen LogP contribution in [0, 0.1) is 6.92 Å². The summed E-state index contributed by atoms with van der Waals surface area (Å²) in [5.41, 5.74) is 49.1. The second kappa shape index (κ2) is 30.1. The maximum absolute atomic E-state index is 2.40. The first-order valence-corrected chi connectivity index (χ1v) is 44.8. The molecule has 5 heteroatoms. The van der Waals surface area contributed by atoms with Gasteiger partial charge in [0.25, 0.3) is 0 Å². The highest BCUT2D eigenvalue weighted by Crippen LogP contribution is 2.56. The van der Waals surface area contributed by atoms with E-state index in [0.29, 0.717) is 0 Å². The molecule has 0 spiro atoms. The maximum atomic E-state index is 2.40. The van der Waals surface area contributed by atoms with Gasteiger partial charge in [-0.2, -0.15) is 0 Å². The van der Waals surface area contributed by atoms with Crippen molar-refractivity contribution in [3.8, 4) is 156 Å². The lowest BCUT2D eigenvalue weighted by Gasteiger charge is -2.28. The van der Waals surface area contributed by atoms with Crippen LogP contribution in [0.3, 0.4) is 0 Å². The van der Waals surface area contributed by atoms with Gasteiger partial charge in [0.1, 0.15) is 0 Å². The minimum absolute atomic E-state index is 0.0669. The molecule has 0 radical (unpaired) electrons. The van der Waals surface area contributed by atoms with Crippen molar-refractivity contribution in [1.29, 1.82) is 0 Å². The van der Waals surface area contributed by atoms with E-state index in [4.69, 9.17) is 0 Å². The van der Waals surface area contributed by atoms with Gasteiger partial charge in [-0.15, -0.1) is 0 Å². The van der Waals surface area contributed by atoms with Gasteiger partial charge in [0.15, 0.2) is 0 Å². The maximum Gasteiger partial charge on any atom is 0.0544 e. The molecule has 4 heterocycles. The number of rotatable bonds is 9. The van der Waals surface area contributed by atoms with Crippen LogP contribution in [0.5, 0.6) is 0 Å². The van der Waals surface area contributed by atoms with E-state index >= 15 is 0 Å². The minimum Gasteiger partial charge on any atom is -0.316 e. The normalized spacial score (nSPS) is 12.4. The summed E-state index contributed by atoms with van der Waals surface area (Å²) in [4.78, 5) is 2.38. The van der Waals surface area contributed by atoms with Crippen molar-refractivity contribution in [3.63, 3.8) is 0 Å². The van der Waals surface area contributed by atoms with Crippen LogP contribution in [-0.2, 0) is 5.41 Å².